The van der Waals surface area contributed by atoms with Crippen molar-refractivity contribution in [2.45, 2.75) is 17.8 Å². The highest BCUT2D eigenvalue weighted by molar-refractivity contribution is 7.89. The predicted octanol–water partition coefficient (Wildman–Crippen LogP) is 1.15. The molecule has 0 saturated carbocycles. The van der Waals surface area contributed by atoms with Gasteiger partial charge in [0.25, 0.3) is 10.0 Å². The molecule has 0 amide bonds. The Morgan fingerprint density at radius 3 is 2.42 bits per heavy atom. The fraction of sp³-hybridized carbons (Fsp3) is 0.583. The summed E-state index contributed by atoms with van der Waals surface area (Å²) in [5.41, 5.74) is 0.816. The maximum atomic E-state index is 12.4. The number of halogens is 1. The second kappa shape index (κ2) is 6.17. The lowest BCUT2D eigenvalue weighted by molar-refractivity contribution is 0.196. The van der Waals surface area contributed by atoms with Gasteiger partial charge in [0.05, 0.1) is 0 Å². The maximum absolute atomic E-state index is 12.4. The molecule has 1 saturated heterocycles. The zero-order valence-electron chi connectivity index (χ0n) is 10.9. The van der Waals surface area contributed by atoms with Gasteiger partial charge in [0, 0.05) is 38.3 Å². The Labute approximate surface area is 119 Å². The van der Waals surface area contributed by atoms with E-state index in [0.29, 0.717) is 19.0 Å². The summed E-state index contributed by atoms with van der Waals surface area (Å²) >= 11 is 5.67. The smallest absolute Gasteiger partial charge is 0.260 e. The third kappa shape index (κ3) is 3.25. The van der Waals surface area contributed by atoms with Gasteiger partial charge in [-0.25, -0.2) is 13.4 Å². The number of piperazine rings is 1. The standard InChI is InChI=1S/C12H18ClN3O2S/c1-2-15-5-7-16(8-6-15)19(17,18)12-4-3-11(9-13)10-14-12/h3-4,10H,2,5-9H2,1H3. The van der Waals surface area contributed by atoms with Gasteiger partial charge in [-0.1, -0.05) is 13.0 Å². The van der Waals surface area contributed by atoms with Crippen molar-refractivity contribution >= 4 is 21.6 Å². The summed E-state index contributed by atoms with van der Waals surface area (Å²) in [6, 6.07) is 3.23. The molecule has 0 spiro atoms. The Bertz CT molecular complexity index is 510. The molecule has 19 heavy (non-hydrogen) atoms. The van der Waals surface area contributed by atoms with Gasteiger partial charge in [0.15, 0.2) is 5.03 Å². The molecular weight excluding hydrogens is 286 g/mol. The fourth-order valence-corrected chi connectivity index (χ4v) is 3.55. The summed E-state index contributed by atoms with van der Waals surface area (Å²) in [5, 5.41) is 0.103. The van der Waals surface area contributed by atoms with E-state index in [0.717, 1.165) is 25.2 Å². The number of hydrogen-bond acceptors (Lipinski definition) is 4. The molecule has 0 aliphatic carbocycles. The summed E-state index contributed by atoms with van der Waals surface area (Å²) in [7, 11) is -3.47. The van der Waals surface area contributed by atoms with Gasteiger partial charge in [-0.05, 0) is 18.2 Å². The van der Waals surface area contributed by atoms with E-state index in [1.165, 1.54) is 16.6 Å². The first-order chi connectivity index (χ1) is 9.07. The van der Waals surface area contributed by atoms with Crippen molar-refractivity contribution in [3.05, 3.63) is 23.9 Å². The van der Waals surface area contributed by atoms with Crippen LogP contribution in [0.15, 0.2) is 23.4 Å². The van der Waals surface area contributed by atoms with Gasteiger partial charge in [0.1, 0.15) is 0 Å². The molecule has 0 unspecified atom stereocenters. The van der Waals surface area contributed by atoms with Gasteiger partial charge in [0.2, 0.25) is 0 Å². The van der Waals surface area contributed by atoms with E-state index in [9.17, 15) is 8.42 Å². The van der Waals surface area contributed by atoms with E-state index in [4.69, 9.17) is 11.6 Å². The normalized spacial score (nSPS) is 18.6. The molecule has 1 aliphatic heterocycles. The summed E-state index contributed by atoms with van der Waals surface area (Å²) in [5.74, 6) is 0.336. The zero-order valence-corrected chi connectivity index (χ0v) is 12.5. The third-order valence-corrected chi connectivity index (χ3v) is 5.46. The SMILES string of the molecule is CCN1CCN(S(=O)(=O)c2ccc(CCl)cn2)CC1. The van der Waals surface area contributed by atoms with E-state index < -0.39 is 10.0 Å². The highest BCUT2D eigenvalue weighted by Crippen LogP contribution is 2.16. The topological polar surface area (TPSA) is 53.5 Å². The molecule has 1 fully saturated rings. The molecule has 1 aliphatic rings. The average Bonchev–Trinajstić information content (AvgIpc) is 2.47. The number of likely N-dealkylation sites (N-methyl/N-ethyl adjacent to an activating group) is 1. The van der Waals surface area contributed by atoms with Crippen LogP contribution in [-0.2, 0) is 15.9 Å². The number of nitrogens with zero attached hydrogens (tertiary/aromatic N) is 3. The Balaban J connectivity index is 2.13. The van der Waals surface area contributed by atoms with Crippen LogP contribution in [0.5, 0.6) is 0 Å². The number of rotatable bonds is 4. The van der Waals surface area contributed by atoms with Crippen molar-refractivity contribution in [1.82, 2.24) is 14.2 Å². The minimum Gasteiger partial charge on any atom is -0.301 e. The van der Waals surface area contributed by atoms with E-state index in [2.05, 4.69) is 16.8 Å². The van der Waals surface area contributed by atoms with E-state index >= 15 is 0 Å². The molecule has 2 rings (SSSR count). The van der Waals surface area contributed by atoms with Crippen molar-refractivity contribution in [3.63, 3.8) is 0 Å². The van der Waals surface area contributed by atoms with Crippen LogP contribution in [0.4, 0.5) is 0 Å². The van der Waals surface area contributed by atoms with E-state index in [1.54, 1.807) is 6.07 Å². The Morgan fingerprint density at radius 1 is 1.26 bits per heavy atom. The van der Waals surface area contributed by atoms with Crippen molar-refractivity contribution in [3.8, 4) is 0 Å². The third-order valence-electron chi connectivity index (χ3n) is 3.33. The number of alkyl halides is 1. The molecule has 7 heteroatoms. The molecule has 0 bridgehead atoms. The second-order valence-electron chi connectivity index (χ2n) is 4.48. The molecule has 0 atom stereocenters. The molecule has 1 aromatic heterocycles. The molecule has 0 N–H and O–H groups in total. The van der Waals surface area contributed by atoms with Crippen LogP contribution >= 0.6 is 11.6 Å². The fourth-order valence-electron chi connectivity index (χ4n) is 2.06. The molecule has 106 valence electrons. The molecule has 5 nitrogen and oxygen atoms in total. The largest absolute Gasteiger partial charge is 0.301 e. The van der Waals surface area contributed by atoms with Gasteiger partial charge < -0.3 is 4.90 Å². The van der Waals surface area contributed by atoms with Gasteiger partial charge in [-0.3, -0.25) is 0 Å². The van der Waals surface area contributed by atoms with Gasteiger partial charge in [-0.2, -0.15) is 4.31 Å². The minimum atomic E-state index is -3.47. The van der Waals surface area contributed by atoms with Crippen LogP contribution in [0.25, 0.3) is 0 Å². The first-order valence-corrected chi connectivity index (χ1v) is 8.28. The quantitative estimate of drug-likeness (QED) is 0.783. The summed E-state index contributed by atoms with van der Waals surface area (Å²) in [6.45, 7) is 5.63. The Morgan fingerprint density at radius 2 is 1.95 bits per heavy atom. The highest BCUT2D eigenvalue weighted by Gasteiger charge is 2.28. The maximum Gasteiger partial charge on any atom is 0.260 e. The lowest BCUT2D eigenvalue weighted by Gasteiger charge is -2.32. The summed E-state index contributed by atoms with van der Waals surface area (Å²) in [4.78, 5) is 6.24. The Kier molecular flexibility index (Phi) is 4.78. The van der Waals surface area contributed by atoms with Crippen LogP contribution < -0.4 is 0 Å². The number of sulfonamides is 1. The van der Waals surface area contributed by atoms with Crippen molar-refractivity contribution < 1.29 is 8.42 Å². The van der Waals surface area contributed by atoms with E-state index in [1.807, 2.05) is 0 Å². The van der Waals surface area contributed by atoms with E-state index in [-0.39, 0.29) is 5.03 Å². The van der Waals surface area contributed by atoms with Gasteiger partial charge >= 0.3 is 0 Å². The first-order valence-electron chi connectivity index (χ1n) is 6.31. The molecule has 0 radical (unpaired) electrons. The van der Waals surface area contributed by atoms with Crippen LogP contribution in [0.3, 0.4) is 0 Å². The molecule has 2 heterocycles. The first kappa shape index (κ1) is 14.7. The van der Waals surface area contributed by atoms with Crippen LogP contribution in [0.2, 0.25) is 0 Å². The van der Waals surface area contributed by atoms with Crippen molar-refractivity contribution in [2.24, 2.45) is 0 Å². The number of aromatic nitrogens is 1. The molecular formula is C12H18ClN3O2S. The summed E-state index contributed by atoms with van der Waals surface area (Å²) in [6.07, 6.45) is 1.52. The highest BCUT2D eigenvalue weighted by atomic mass is 35.5. The van der Waals surface area contributed by atoms with Crippen LogP contribution in [-0.4, -0.2) is 55.3 Å². The lowest BCUT2D eigenvalue weighted by atomic mass is 10.3. The molecule has 0 aromatic carbocycles. The minimum absolute atomic E-state index is 0.103. The predicted molar refractivity (Wildman–Crippen MR) is 74.7 cm³/mol. The van der Waals surface area contributed by atoms with Crippen LogP contribution in [0, 0.1) is 0 Å². The second-order valence-corrected chi connectivity index (χ2v) is 6.63. The lowest BCUT2D eigenvalue weighted by Crippen LogP contribution is -2.48. The average molecular weight is 304 g/mol. The van der Waals surface area contributed by atoms with Gasteiger partial charge in [-0.15, -0.1) is 11.6 Å². The number of hydrogen-bond donors (Lipinski definition) is 0. The van der Waals surface area contributed by atoms with Crippen molar-refractivity contribution in [2.75, 3.05) is 32.7 Å². The monoisotopic (exact) mass is 303 g/mol. The molecule has 1 aromatic rings. The summed E-state index contributed by atoms with van der Waals surface area (Å²) < 4.78 is 26.3. The Hall–Kier alpha value is -0.690. The zero-order chi connectivity index (χ0) is 13.9. The van der Waals surface area contributed by atoms with Crippen LogP contribution in [0.1, 0.15) is 12.5 Å². The number of pyridine rings is 1. The van der Waals surface area contributed by atoms with Crippen molar-refractivity contribution in [1.29, 1.82) is 0 Å².